The lowest BCUT2D eigenvalue weighted by Gasteiger charge is -2.10. The standard InChI is InChI=1S/C14H18BrN3O3/c15-11-5-2-9(13(19)20)8-12(11)18-14(21)17-7-1-6-16-10-3-4-10/h2,5,8,10,16H,1,3-4,6-7H2,(H,19,20)(H2,17,18,21). The van der Waals surface area contributed by atoms with Crippen molar-refractivity contribution in [2.75, 3.05) is 18.4 Å². The fraction of sp³-hybridized carbons (Fsp3) is 0.429. The molecule has 2 amide bonds. The van der Waals surface area contributed by atoms with Crippen molar-refractivity contribution >= 4 is 33.6 Å². The van der Waals surface area contributed by atoms with E-state index in [1.165, 1.54) is 25.0 Å². The highest BCUT2D eigenvalue weighted by molar-refractivity contribution is 9.10. The molecule has 6 nitrogen and oxygen atoms in total. The summed E-state index contributed by atoms with van der Waals surface area (Å²) in [5, 5.41) is 17.7. The van der Waals surface area contributed by atoms with Crippen LogP contribution in [0.1, 0.15) is 29.6 Å². The van der Waals surface area contributed by atoms with Crippen molar-refractivity contribution in [1.29, 1.82) is 0 Å². The van der Waals surface area contributed by atoms with Crippen LogP contribution >= 0.6 is 15.9 Å². The van der Waals surface area contributed by atoms with Gasteiger partial charge in [0, 0.05) is 17.1 Å². The molecule has 0 aliphatic heterocycles. The fourth-order valence-electron chi connectivity index (χ4n) is 1.80. The number of carboxylic acids is 1. The number of amides is 2. The summed E-state index contributed by atoms with van der Waals surface area (Å²) in [6.07, 6.45) is 3.37. The topological polar surface area (TPSA) is 90.5 Å². The number of nitrogens with one attached hydrogen (secondary N) is 3. The largest absolute Gasteiger partial charge is 0.478 e. The summed E-state index contributed by atoms with van der Waals surface area (Å²) in [5.41, 5.74) is 0.561. The van der Waals surface area contributed by atoms with Gasteiger partial charge in [0.2, 0.25) is 0 Å². The van der Waals surface area contributed by atoms with Gasteiger partial charge in [-0.2, -0.15) is 0 Å². The minimum absolute atomic E-state index is 0.127. The summed E-state index contributed by atoms with van der Waals surface area (Å²) < 4.78 is 0.637. The Morgan fingerprint density at radius 2 is 2.05 bits per heavy atom. The number of carbonyl (C=O) groups excluding carboxylic acids is 1. The van der Waals surface area contributed by atoms with Gasteiger partial charge in [0.25, 0.3) is 0 Å². The Balaban J connectivity index is 1.75. The normalized spacial score (nSPS) is 13.8. The summed E-state index contributed by atoms with van der Waals surface area (Å²) in [6, 6.07) is 4.82. The average Bonchev–Trinajstić information content (AvgIpc) is 3.24. The molecule has 4 N–H and O–H groups in total. The van der Waals surface area contributed by atoms with Gasteiger partial charge < -0.3 is 21.1 Å². The second kappa shape index (κ2) is 7.42. The minimum Gasteiger partial charge on any atom is -0.478 e. The Kier molecular flexibility index (Phi) is 5.58. The maximum atomic E-state index is 11.7. The van der Waals surface area contributed by atoms with Crippen LogP contribution in [0.2, 0.25) is 0 Å². The van der Waals surface area contributed by atoms with Gasteiger partial charge in [0.15, 0.2) is 0 Å². The molecule has 0 spiro atoms. The second-order valence-electron chi connectivity index (χ2n) is 4.96. The lowest BCUT2D eigenvalue weighted by Crippen LogP contribution is -2.31. The van der Waals surface area contributed by atoms with Crippen molar-refractivity contribution in [1.82, 2.24) is 10.6 Å². The first-order chi connectivity index (χ1) is 10.1. The van der Waals surface area contributed by atoms with E-state index in [9.17, 15) is 9.59 Å². The van der Waals surface area contributed by atoms with E-state index in [0.29, 0.717) is 22.7 Å². The molecule has 21 heavy (non-hydrogen) atoms. The number of hydrogen-bond acceptors (Lipinski definition) is 3. The number of hydrogen-bond donors (Lipinski definition) is 4. The van der Waals surface area contributed by atoms with E-state index < -0.39 is 5.97 Å². The monoisotopic (exact) mass is 355 g/mol. The number of carboxylic acid groups (broad SMARTS) is 1. The SMILES string of the molecule is O=C(NCCCNC1CC1)Nc1cc(C(=O)O)ccc1Br. The van der Waals surface area contributed by atoms with Crippen molar-refractivity contribution in [3.63, 3.8) is 0 Å². The third-order valence-corrected chi connectivity index (χ3v) is 3.80. The second-order valence-corrected chi connectivity index (χ2v) is 5.82. The molecule has 0 saturated heterocycles. The van der Waals surface area contributed by atoms with E-state index in [0.717, 1.165) is 13.0 Å². The van der Waals surface area contributed by atoms with E-state index in [4.69, 9.17) is 5.11 Å². The van der Waals surface area contributed by atoms with Gasteiger partial charge in [0.1, 0.15) is 0 Å². The van der Waals surface area contributed by atoms with E-state index in [2.05, 4.69) is 31.9 Å². The molecule has 0 atom stereocenters. The Bertz CT molecular complexity index is 532. The van der Waals surface area contributed by atoms with Crippen molar-refractivity contribution in [3.8, 4) is 0 Å². The van der Waals surface area contributed by atoms with Crippen molar-refractivity contribution in [3.05, 3.63) is 28.2 Å². The van der Waals surface area contributed by atoms with Crippen LogP contribution in [0, 0.1) is 0 Å². The minimum atomic E-state index is -1.03. The summed E-state index contributed by atoms with van der Waals surface area (Å²) in [5.74, 6) is -1.03. The molecule has 0 radical (unpaired) electrons. The number of halogens is 1. The zero-order chi connectivity index (χ0) is 15.2. The van der Waals surface area contributed by atoms with Gasteiger partial charge in [-0.3, -0.25) is 0 Å². The van der Waals surface area contributed by atoms with Crippen LogP contribution in [-0.2, 0) is 0 Å². The highest BCUT2D eigenvalue weighted by atomic mass is 79.9. The van der Waals surface area contributed by atoms with Crippen LogP contribution in [0.15, 0.2) is 22.7 Å². The van der Waals surface area contributed by atoms with Crippen LogP contribution in [0.4, 0.5) is 10.5 Å². The zero-order valence-electron chi connectivity index (χ0n) is 11.5. The molecule has 2 rings (SSSR count). The Morgan fingerprint density at radius 3 is 2.71 bits per heavy atom. The molecule has 0 heterocycles. The quantitative estimate of drug-likeness (QED) is 0.565. The van der Waals surface area contributed by atoms with Gasteiger partial charge in [0.05, 0.1) is 11.3 Å². The van der Waals surface area contributed by atoms with Crippen molar-refractivity contribution < 1.29 is 14.7 Å². The van der Waals surface area contributed by atoms with Gasteiger partial charge in [-0.05, 0) is 59.9 Å². The average molecular weight is 356 g/mol. The molecular weight excluding hydrogens is 338 g/mol. The fourth-order valence-corrected chi connectivity index (χ4v) is 2.15. The van der Waals surface area contributed by atoms with Crippen LogP contribution < -0.4 is 16.0 Å². The third kappa shape index (κ3) is 5.35. The lowest BCUT2D eigenvalue weighted by molar-refractivity contribution is 0.0697. The Labute approximate surface area is 131 Å². The third-order valence-electron chi connectivity index (χ3n) is 3.11. The number of urea groups is 1. The highest BCUT2D eigenvalue weighted by Crippen LogP contribution is 2.23. The summed E-state index contributed by atoms with van der Waals surface area (Å²) >= 11 is 3.28. The molecule has 0 unspecified atom stereocenters. The molecular formula is C14H18BrN3O3. The smallest absolute Gasteiger partial charge is 0.335 e. The maximum Gasteiger partial charge on any atom is 0.335 e. The molecule has 114 valence electrons. The lowest BCUT2D eigenvalue weighted by atomic mass is 10.2. The van der Waals surface area contributed by atoms with Crippen LogP contribution in [0.3, 0.4) is 0 Å². The number of carbonyl (C=O) groups is 2. The number of aromatic carboxylic acids is 1. The van der Waals surface area contributed by atoms with E-state index >= 15 is 0 Å². The molecule has 7 heteroatoms. The molecule has 1 aliphatic rings. The summed E-state index contributed by atoms with van der Waals surface area (Å²) in [6.45, 7) is 1.46. The first-order valence-corrected chi connectivity index (χ1v) is 7.66. The van der Waals surface area contributed by atoms with Crippen molar-refractivity contribution in [2.45, 2.75) is 25.3 Å². The van der Waals surface area contributed by atoms with E-state index in [1.807, 2.05) is 0 Å². The zero-order valence-corrected chi connectivity index (χ0v) is 13.1. The maximum absolute atomic E-state index is 11.7. The van der Waals surface area contributed by atoms with E-state index in [-0.39, 0.29) is 11.6 Å². The van der Waals surface area contributed by atoms with Gasteiger partial charge >= 0.3 is 12.0 Å². The van der Waals surface area contributed by atoms with Crippen molar-refractivity contribution in [2.24, 2.45) is 0 Å². The summed E-state index contributed by atoms with van der Waals surface area (Å²) in [7, 11) is 0. The van der Waals surface area contributed by atoms with Crippen LogP contribution in [0.25, 0.3) is 0 Å². The molecule has 1 saturated carbocycles. The molecule has 1 aromatic rings. The van der Waals surface area contributed by atoms with Crippen LogP contribution in [-0.4, -0.2) is 36.2 Å². The molecule has 0 aromatic heterocycles. The molecule has 0 bridgehead atoms. The molecule has 1 aromatic carbocycles. The number of anilines is 1. The predicted molar refractivity (Wildman–Crippen MR) is 83.8 cm³/mol. The number of benzene rings is 1. The molecule has 1 aliphatic carbocycles. The Hall–Kier alpha value is -1.60. The van der Waals surface area contributed by atoms with Gasteiger partial charge in [-0.25, -0.2) is 9.59 Å². The Morgan fingerprint density at radius 1 is 1.29 bits per heavy atom. The highest BCUT2D eigenvalue weighted by Gasteiger charge is 2.19. The van der Waals surface area contributed by atoms with Gasteiger partial charge in [-0.15, -0.1) is 0 Å². The summed E-state index contributed by atoms with van der Waals surface area (Å²) in [4.78, 5) is 22.6. The number of rotatable bonds is 7. The van der Waals surface area contributed by atoms with Crippen LogP contribution in [0.5, 0.6) is 0 Å². The molecule has 1 fully saturated rings. The first-order valence-electron chi connectivity index (χ1n) is 6.87. The predicted octanol–water partition coefficient (Wildman–Crippen LogP) is 2.41. The first kappa shape index (κ1) is 15.8. The van der Waals surface area contributed by atoms with Gasteiger partial charge in [-0.1, -0.05) is 0 Å². The van der Waals surface area contributed by atoms with E-state index in [1.54, 1.807) is 6.07 Å².